The highest BCUT2D eigenvalue weighted by Crippen LogP contribution is 2.26. The first-order chi connectivity index (χ1) is 6.36. The molecule has 2 heterocycles. The Bertz CT molecular complexity index is 574. The molecule has 3 aromatic rings. The van der Waals surface area contributed by atoms with E-state index in [1.165, 1.54) is 16.3 Å². The topological polar surface area (TPSA) is 18.1 Å². The van der Waals surface area contributed by atoms with Crippen molar-refractivity contribution in [3.05, 3.63) is 36.7 Å². The fourth-order valence-electron chi connectivity index (χ4n) is 1.80. The molecule has 2 aromatic heterocycles. The van der Waals surface area contributed by atoms with E-state index in [1.54, 1.807) is 6.26 Å². The molecule has 0 saturated heterocycles. The van der Waals surface area contributed by atoms with Crippen molar-refractivity contribution < 1.29 is 4.42 Å². The van der Waals surface area contributed by atoms with E-state index in [1.807, 2.05) is 19.2 Å². The van der Waals surface area contributed by atoms with Crippen LogP contribution in [0.15, 0.2) is 41.1 Å². The van der Waals surface area contributed by atoms with Crippen molar-refractivity contribution in [2.45, 2.75) is 0 Å². The molecule has 3 rings (SSSR count). The van der Waals surface area contributed by atoms with Crippen molar-refractivity contribution in [3.63, 3.8) is 0 Å². The summed E-state index contributed by atoms with van der Waals surface area (Å²) in [7, 11) is 2.05. The molecule has 0 N–H and O–H groups in total. The molecule has 0 radical (unpaired) electrons. The molecule has 0 atom stereocenters. The zero-order chi connectivity index (χ0) is 8.84. The lowest BCUT2D eigenvalue weighted by molar-refractivity contribution is 0.616. The zero-order valence-corrected chi connectivity index (χ0v) is 7.32. The summed E-state index contributed by atoms with van der Waals surface area (Å²) in [5.41, 5.74) is 2.20. The van der Waals surface area contributed by atoms with Gasteiger partial charge in [-0.1, -0.05) is 0 Å². The first kappa shape index (κ1) is 6.78. The maximum atomic E-state index is 5.33. The van der Waals surface area contributed by atoms with E-state index >= 15 is 0 Å². The van der Waals surface area contributed by atoms with Gasteiger partial charge in [0.15, 0.2) is 0 Å². The van der Waals surface area contributed by atoms with Crippen LogP contribution in [0.3, 0.4) is 0 Å². The molecular weight excluding hydrogens is 162 g/mol. The lowest BCUT2D eigenvalue weighted by Gasteiger charge is -1.95. The molecule has 0 bridgehead atoms. The summed E-state index contributed by atoms with van der Waals surface area (Å²) in [4.78, 5) is 0. The smallest absolute Gasteiger partial charge is 0.134 e. The van der Waals surface area contributed by atoms with Gasteiger partial charge in [0.25, 0.3) is 0 Å². The van der Waals surface area contributed by atoms with Crippen LogP contribution in [0.25, 0.3) is 21.9 Å². The van der Waals surface area contributed by atoms with Gasteiger partial charge in [-0.2, -0.15) is 0 Å². The van der Waals surface area contributed by atoms with E-state index in [9.17, 15) is 0 Å². The molecule has 0 spiro atoms. The van der Waals surface area contributed by atoms with Gasteiger partial charge in [0.2, 0.25) is 0 Å². The number of rotatable bonds is 0. The molecule has 0 aliphatic rings. The second-order valence-electron chi connectivity index (χ2n) is 3.26. The van der Waals surface area contributed by atoms with Gasteiger partial charge >= 0.3 is 0 Å². The number of nitrogens with zero attached hydrogens (tertiary/aromatic N) is 1. The van der Waals surface area contributed by atoms with Gasteiger partial charge in [-0.15, -0.1) is 0 Å². The molecule has 0 fully saturated rings. The molecule has 0 aliphatic carbocycles. The summed E-state index contributed by atoms with van der Waals surface area (Å²) in [5.74, 6) is 0. The monoisotopic (exact) mass is 171 g/mol. The van der Waals surface area contributed by atoms with Gasteiger partial charge in [0.05, 0.1) is 6.26 Å². The molecule has 2 heteroatoms. The maximum Gasteiger partial charge on any atom is 0.134 e. The zero-order valence-electron chi connectivity index (χ0n) is 7.32. The first-order valence-electron chi connectivity index (χ1n) is 4.27. The van der Waals surface area contributed by atoms with Gasteiger partial charge in [-0.05, 0) is 24.3 Å². The number of hydrogen-bond acceptors (Lipinski definition) is 1. The van der Waals surface area contributed by atoms with Crippen molar-refractivity contribution in [1.82, 2.24) is 4.57 Å². The average molecular weight is 171 g/mol. The highest BCUT2D eigenvalue weighted by molar-refractivity contribution is 6.04. The van der Waals surface area contributed by atoms with Crippen molar-refractivity contribution in [3.8, 4) is 0 Å². The second kappa shape index (κ2) is 2.16. The van der Waals surface area contributed by atoms with Gasteiger partial charge in [-0.3, -0.25) is 0 Å². The van der Waals surface area contributed by atoms with E-state index in [2.05, 4.69) is 22.9 Å². The molecule has 64 valence electrons. The Labute approximate surface area is 75.4 Å². The fourth-order valence-corrected chi connectivity index (χ4v) is 1.80. The second-order valence-corrected chi connectivity index (χ2v) is 3.26. The fraction of sp³-hybridized carbons (Fsp3) is 0.0909. The number of fused-ring (bicyclic) bond motifs is 3. The maximum absolute atomic E-state index is 5.33. The minimum absolute atomic E-state index is 0.957. The molecule has 2 nitrogen and oxygen atoms in total. The van der Waals surface area contributed by atoms with Crippen molar-refractivity contribution in [2.75, 3.05) is 0 Å². The van der Waals surface area contributed by atoms with Crippen LogP contribution in [-0.2, 0) is 7.05 Å². The minimum atomic E-state index is 0.957. The van der Waals surface area contributed by atoms with Crippen LogP contribution in [0.1, 0.15) is 0 Å². The van der Waals surface area contributed by atoms with Crippen LogP contribution in [0, 0.1) is 0 Å². The average Bonchev–Trinajstić information content (AvgIpc) is 2.70. The van der Waals surface area contributed by atoms with Crippen molar-refractivity contribution >= 4 is 21.9 Å². The van der Waals surface area contributed by atoms with E-state index < -0.39 is 0 Å². The first-order valence-corrected chi connectivity index (χ1v) is 4.27. The summed E-state index contributed by atoms with van der Waals surface area (Å²) in [6, 6.07) is 8.23. The molecular formula is C11H9NO. The Morgan fingerprint density at radius 2 is 2.00 bits per heavy atom. The quantitative estimate of drug-likeness (QED) is 0.508. The Hall–Kier alpha value is -1.70. The third-order valence-corrected chi connectivity index (χ3v) is 2.50. The highest BCUT2D eigenvalue weighted by atomic mass is 16.3. The lowest BCUT2D eigenvalue weighted by atomic mass is 10.2. The van der Waals surface area contributed by atoms with Crippen LogP contribution in [-0.4, -0.2) is 4.57 Å². The van der Waals surface area contributed by atoms with Crippen LogP contribution in [0.2, 0.25) is 0 Å². The Kier molecular flexibility index (Phi) is 1.13. The predicted molar refractivity (Wildman–Crippen MR) is 52.7 cm³/mol. The summed E-state index contributed by atoms with van der Waals surface area (Å²) < 4.78 is 7.44. The molecule has 0 aliphatic heterocycles. The number of aromatic nitrogens is 1. The lowest BCUT2D eigenvalue weighted by Crippen LogP contribution is -1.82. The number of benzene rings is 1. The van der Waals surface area contributed by atoms with E-state index in [-0.39, 0.29) is 0 Å². The van der Waals surface area contributed by atoms with Crippen LogP contribution < -0.4 is 0 Å². The van der Waals surface area contributed by atoms with Crippen LogP contribution >= 0.6 is 0 Å². The highest BCUT2D eigenvalue weighted by Gasteiger charge is 2.03. The minimum Gasteiger partial charge on any atom is -0.464 e. The largest absolute Gasteiger partial charge is 0.464 e. The van der Waals surface area contributed by atoms with Crippen LogP contribution in [0.4, 0.5) is 0 Å². The standard InChI is InChI=1S/C11H9NO/c1-12-6-4-8-9-5-7-13-11(9)3-2-10(8)12/h2-7H,1H3. The number of hydrogen-bond donors (Lipinski definition) is 0. The Morgan fingerprint density at radius 3 is 2.92 bits per heavy atom. The number of furan rings is 1. The summed E-state index contributed by atoms with van der Waals surface area (Å²) in [6.45, 7) is 0. The predicted octanol–water partition coefficient (Wildman–Crippen LogP) is 2.92. The van der Waals surface area contributed by atoms with Crippen molar-refractivity contribution in [2.24, 2.45) is 7.05 Å². The molecule has 0 amide bonds. The Morgan fingerprint density at radius 1 is 1.08 bits per heavy atom. The van der Waals surface area contributed by atoms with Crippen molar-refractivity contribution in [1.29, 1.82) is 0 Å². The molecule has 0 unspecified atom stereocenters. The number of aryl methyl sites for hydroxylation is 1. The van der Waals surface area contributed by atoms with Gasteiger partial charge < -0.3 is 8.98 Å². The summed E-state index contributed by atoms with van der Waals surface area (Å²) >= 11 is 0. The normalized spacial score (nSPS) is 11.5. The third-order valence-electron chi connectivity index (χ3n) is 2.50. The van der Waals surface area contributed by atoms with Gasteiger partial charge in [-0.25, -0.2) is 0 Å². The molecule has 0 saturated carbocycles. The summed E-state index contributed by atoms with van der Waals surface area (Å²) in [5, 5.41) is 2.45. The third kappa shape index (κ3) is 0.773. The van der Waals surface area contributed by atoms with Gasteiger partial charge in [0.1, 0.15) is 5.58 Å². The molecule has 13 heavy (non-hydrogen) atoms. The van der Waals surface area contributed by atoms with Crippen LogP contribution in [0.5, 0.6) is 0 Å². The SMILES string of the molecule is Cn1ccc2c3ccoc3ccc21. The Balaban J connectivity index is 2.66. The van der Waals surface area contributed by atoms with E-state index in [0.717, 1.165) is 5.58 Å². The molecule has 1 aromatic carbocycles. The van der Waals surface area contributed by atoms with Gasteiger partial charge in [0, 0.05) is 29.5 Å². The van der Waals surface area contributed by atoms with E-state index in [4.69, 9.17) is 4.42 Å². The van der Waals surface area contributed by atoms with E-state index in [0.29, 0.717) is 0 Å². The summed E-state index contributed by atoms with van der Waals surface area (Å²) in [6.07, 6.45) is 3.80.